The fraction of sp³-hybridized carbons (Fsp3) is 0. The molecule has 0 bridgehead atoms. The molecule has 21 heavy (non-hydrogen) atoms. The Morgan fingerprint density at radius 2 is 1.67 bits per heavy atom. The molecule has 0 amide bonds. The molecule has 0 aromatic rings. The van der Waals surface area contributed by atoms with Crippen LogP contribution in [-0.4, -0.2) is 5.71 Å². The Bertz CT molecular complexity index is 554. The predicted molar refractivity (Wildman–Crippen MR) is 100 cm³/mol. The monoisotopic (exact) mass is 295 g/mol. The molecule has 0 rings (SSSR count). The van der Waals surface area contributed by atoms with Crippen LogP contribution in [-0.2, 0) is 0 Å². The normalized spacial score (nSPS) is 12.4. The Kier molecular flexibility index (Phi) is 10.2. The summed E-state index contributed by atoms with van der Waals surface area (Å²) in [4.78, 5) is 5.25. The van der Waals surface area contributed by atoms with Crippen molar-refractivity contribution in [2.45, 2.75) is 0 Å². The molecule has 1 nitrogen and oxygen atoms in total. The number of allylic oxidation sites excluding steroid dienone is 10. The van der Waals surface area contributed by atoms with Gasteiger partial charge in [0.1, 0.15) is 0 Å². The average molecular weight is 295 g/mol. The van der Waals surface area contributed by atoms with Gasteiger partial charge in [0.05, 0.1) is 5.71 Å². The van der Waals surface area contributed by atoms with Crippen molar-refractivity contribution in [3.05, 3.63) is 110 Å². The minimum atomic E-state index is 0.742. The second-order valence-corrected chi connectivity index (χ2v) is 4.79. The number of hydrogen-bond acceptors (Lipinski definition) is 2. The molecule has 0 aliphatic rings. The van der Waals surface area contributed by atoms with Crippen LogP contribution in [0, 0.1) is 0 Å². The summed E-state index contributed by atoms with van der Waals surface area (Å²) in [7, 11) is 0. The lowest BCUT2D eigenvalue weighted by Crippen LogP contribution is -2.01. The van der Waals surface area contributed by atoms with Crippen molar-refractivity contribution in [2.24, 2.45) is 4.99 Å². The standard InChI is InChI=1S/C19H21NS/c1-7-11-13-18(12-8-2)19(17(6)21-10-4)20-15-14-16(5)9-3/h7-15H,1-6H2/b13-11-,15-14-,18-12+,20-19+. The van der Waals surface area contributed by atoms with Crippen molar-refractivity contribution in [3.63, 3.8) is 0 Å². The topological polar surface area (TPSA) is 12.4 Å². The molecule has 0 saturated carbocycles. The van der Waals surface area contributed by atoms with Gasteiger partial charge in [-0.2, -0.15) is 0 Å². The third kappa shape index (κ3) is 7.75. The zero-order valence-corrected chi connectivity index (χ0v) is 13.1. The molecular weight excluding hydrogens is 274 g/mol. The maximum absolute atomic E-state index is 4.46. The molecule has 0 saturated heterocycles. The van der Waals surface area contributed by atoms with Crippen molar-refractivity contribution < 1.29 is 0 Å². The van der Waals surface area contributed by atoms with E-state index in [0.717, 1.165) is 21.8 Å². The maximum Gasteiger partial charge on any atom is 0.0835 e. The van der Waals surface area contributed by atoms with Crippen molar-refractivity contribution in [2.75, 3.05) is 0 Å². The summed E-state index contributed by atoms with van der Waals surface area (Å²) in [5.41, 5.74) is 2.42. The van der Waals surface area contributed by atoms with Gasteiger partial charge in [-0.1, -0.05) is 87.7 Å². The molecule has 2 heteroatoms. The molecule has 108 valence electrons. The van der Waals surface area contributed by atoms with E-state index in [0.29, 0.717) is 0 Å². The van der Waals surface area contributed by atoms with Crippen LogP contribution in [0.5, 0.6) is 0 Å². The fourth-order valence-corrected chi connectivity index (χ4v) is 1.73. The van der Waals surface area contributed by atoms with E-state index in [1.165, 1.54) is 11.8 Å². The predicted octanol–water partition coefficient (Wildman–Crippen LogP) is 5.93. The lowest BCUT2D eigenvalue weighted by Gasteiger charge is -2.07. The zero-order chi connectivity index (χ0) is 16.1. The van der Waals surface area contributed by atoms with E-state index in [9.17, 15) is 0 Å². The molecule has 0 atom stereocenters. The summed E-state index contributed by atoms with van der Waals surface area (Å²) < 4.78 is 0. The van der Waals surface area contributed by atoms with E-state index >= 15 is 0 Å². The van der Waals surface area contributed by atoms with Gasteiger partial charge in [0, 0.05) is 16.7 Å². The van der Waals surface area contributed by atoms with E-state index in [1.807, 2.05) is 18.2 Å². The Hall–Kier alpha value is -2.32. The van der Waals surface area contributed by atoms with Gasteiger partial charge in [-0.05, 0) is 17.1 Å². The van der Waals surface area contributed by atoms with Gasteiger partial charge in [0.2, 0.25) is 0 Å². The van der Waals surface area contributed by atoms with Gasteiger partial charge >= 0.3 is 0 Å². The number of aliphatic imine (C=N–C) groups is 1. The minimum Gasteiger partial charge on any atom is -0.255 e. The highest BCUT2D eigenvalue weighted by Crippen LogP contribution is 2.21. The van der Waals surface area contributed by atoms with Gasteiger partial charge in [-0.3, -0.25) is 4.99 Å². The van der Waals surface area contributed by atoms with Gasteiger partial charge in [0.25, 0.3) is 0 Å². The van der Waals surface area contributed by atoms with E-state index in [2.05, 4.69) is 44.5 Å². The molecule has 0 aliphatic heterocycles. The largest absolute Gasteiger partial charge is 0.255 e. The van der Waals surface area contributed by atoms with Crippen molar-refractivity contribution in [3.8, 4) is 0 Å². The van der Waals surface area contributed by atoms with Crippen LogP contribution in [0.25, 0.3) is 0 Å². The molecule has 0 fully saturated rings. The molecule has 0 radical (unpaired) electrons. The third-order valence-electron chi connectivity index (χ3n) is 2.23. The molecule has 0 spiro atoms. The SMILES string of the molecule is C=C\C=C/C(=C\C=C)C(=N/C=C\C(=C)C=C)/C(=C)SC=C. The van der Waals surface area contributed by atoms with Crippen molar-refractivity contribution in [1.82, 2.24) is 0 Å². The third-order valence-corrected chi connectivity index (χ3v) is 2.87. The first kappa shape index (κ1) is 18.7. The van der Waals surface area contributed by atoms with Crippen LogP contribution < -0.4 is 0 Å². The molecule has 0 aromatic heterocycles. The van der Waals surface area contributed by atoms with Crippen molar-refractivity contribution >= 4 is 17.5 Å². The Labute approximate surface area is 132 Å². The Morgan fingerprint density at radius 3 is 2.19 bits per heavy atom. The summed E-state index contributed by atoms with van der Waals surface area (Å²) >= 11 is 1.42. The quantitative estimate of drug-likeness (QED) is 0.359. The summed E-state index contributed by atoms with van der Waals surface area (Å²) in [5, 5.41) is 1.72. The highest BCUT2D eigenvalue weighted by molar-refractivity contribution is 8.06. The Balaban J connectivity index is 5.66. The average Bonchev–Trinajstić information content (AvgIpc) is 2.48. The van der Waals surface area contributed by atoms with Gasteiger partial charge < -0.3 is 0 Å². The zero-order valence-electron chi connectivity index (χ0n) is 12.3. The number of rotatable bonds is 10. The summed E-state index contributed by atoms with van der Waals surface area (Å²) in [6.07, 6.45) is 14.1. The van der Waals surface area contributed by atoms with Crippen LogP contribution in [0.15, 0.2) is 115 Å². The van der Waals surface area contributed by atoms with Crippen LogP contribution in [0.3, 0.4) is 0 Å². The molecular formula is C19H21NS. The maximum atomic E-state index is 4.46. The highest BCUT2D eigenvalue weighted by Gasteiger charge is 2.07. The first-order valence-corrected chi connectivity index (χ1v) is 7.13. The molecule has 0 heterocycles. The minimum absolute atomic E-state index is 0.742. The van der Waals surface area contributed by atoms with Crippen LogP contribution in [0.1, 0.15) is 0 Å². The first-order valence-electron chi connectivity index (χ1n) is 6.25. The van der Waals surface area contributed by atoms with Crippen LogP contribution in [0.4, 0.5) is 0 Å². The Morgan fingerprint density at radius 1 is 0.952 bits per heavy atom. The van der Waals surface area contributed by atoms with E-state index in [1.54, 1.807) is 35.9 Å². The highest BCUT2D eigenvalue weighted by atomic mass is 32.2. The van der Waals surface area contributed by atoms with E-state index < -0.39 is 0 Å². The summed E-state index contributed by atoms with van der Waals surface area (Å²) in [6.45, 7) is 22.6. The number of nitrogens with zero attached hydrogens (tertiary/aromatic N) is 1. The molecule has 0 aromatic carbocycles. The number of thioether (sulfide) groups is 1. The first-order chi connectivity index (χ1) is 10.1. The lowest BCUT2D eigenvalue weighted by atomic mass is 10.1. The summed E-state index contributed by atoms with van der Waals surface area (Å²) in [6, 6.07) is 0. The van der Waals surface area contributed by atoms with E-state index in [4.69, 9.17) is 0 Å². The molecule has 0 unspecified atom stereocenters. The van der Waals surface area contributed by atoms with E-state index in [-0.39, 0.29) is 0 Å². The lowest BCUT2D eigenvalue weighted by molar-refractivity contribution is 1.52. The fourth-order valence-electron chi connectivity index (χ4n) is 1.25. The number of hydrogen-bond donors (Lipinski definition) is 0. The molecule has 0 aliphatic carbocycles. The molecule has 0 N–H and O–H groups in total. The second-order valence-electron chi connectivity index (χ2n) is 3.73. The van der Waals surface area contributed by atoms with Gasteiger partial charge in [0.15, 0.2) is 0 Å². The van der Waals surface area contributed by atoms with Crippen LogP contribution in [0.2, 0.25) is 0 Å². The summed E-state index contributed by atoms with van der Waals surface area (Å²) in [5.74, 6) is 0. The smallest absolute Gasteiger partial charge is 0.0835 e. The second kappa shape index (κ2) is 11.5. The van der Waals surface area contributed by atoms with Crippen LogP contribution >= 0.6 is 11.8 Å². The van der Waals surface area contributed by atoms with Crippen molar-refractivity contribution in [1.29, 1.82) is 0 Å². The van der Waals surface area contributed by atoms with Gasteiger partial charge in [-0.25, -0.2) is 0 Å². The van der Waals surface area contributed by atoms with Gasteiger partial charge in [-0.15, -0.1) is 0 Å².